The number of nitrogens with one attached hydrogen (secondary N) is 1. The van der Waals surface area contributed by atoms with Gasteiger partial charge in [-0.25, -0.2) is 0 Å². The number of nitrogens with zero attached hydrogens (tertiary/aromatic N) is 3. The van der Waals surface area contributed by atoms with E-state index in [1.54, 1.807) is 16.4 Å². The van der Waals surface area contributed by atoms with E-state index < -0.39 is 0 Å². The summed E-state index contributed by atoms with van der Waals surface area (Å²) in [5.74, 6) is 0.730. The summed E-state index contributed by atoms with van der Waals surface area (Å²) in [6.45, 7) is 1.84. The minimum Gasteiger partial charge on any atom is -0.339 e. The number of anilines is 2. The van der Waals surface area contributed by atoms with Crippen molar-refractivity contribution in [3.63, 3.8) is 0 Å². The molecule has 0 amide bonds. The molecule has 92 valence electrons. The van der Waals surface area contributed by atoms with Gasteiger partial charge < -0.3 is 5.32 Å². The van der Waals surface area contributed by atoms with Gasteiger partial charge in [0.05, 0.1) is 5.69 Å². The van der Waals surface area contributed by atoms with Gasteiger partial charge in [0.15, 0.2) is 0 Å². The number of nitriles is 1. The smallest absolute Gasteiger partial charge is 0.146 e. The average Bonchev–Trinajstić information content (AvgIpc) is 2.64. The summed E-state index contributed by atoms with van der Waals surface area (Å²) in [6.07, 6.45) is 2.04. The van der Waals surface area contributed by atoms with Crippen LogP contribution in [0.4, 0.5) is 11.5 Å². The second kappa shape index (κ2) is 5.15. The van der Waals surface area contributed by atoms with Gasteiger partial charge in [-0.3, -0.25) is 4.68 Å². The van der Waals surface area contributed by atoms with Crippen LogP contribution in [0, 0.1) is 18.3 Å². The third-order valence-corrected chi connectivity index (χ3v) is 3.39. The van der Waals surface area contributed by atoms with Crippen LogP contribution in [-0.2, 0) is 7.05 Å². The fourth-order valence-corrected chi connectivity index (χ4v) is 2.23. The Labute approximate surface area is 111 Å². The maximum atomic E-state index is 9.14. The maximum Gasteiger partial charge on any atom is 0.146 e. The number of thioether (sulfide) groups is 1. The lowest BCUT2D eigenvalue weighted by molar-refractivity contribution is 0.765. The van der Waals surface area contributed by atoms with Gasteiger partial charge >= 0.3 is 0 Å². The molecule has 0 bridgehead atoms. The molecule has 18 heavy (non-hydrogen) atoms. The van der Waals surface area contributed by atoms with Crippen LogP contribution in [0.15, 0.2) is 29.2 Å². The molecule has 0 radical (unpaired) electrons. The summed E-state index contributed by atoms with van der Waals surface area (Å²) < 4.78 is 1.69. The minimum absolute atomic E-state index is 0.590. The molecule has 0 aliphatic rings. The summed E-state index contributed by atoms with van der Waals surface area (Å²) in [4.78, 5) is 1.18. The standard InChI is InChI=1S/C13H14N4S/c1-9-12(8-14)13(17(2)16-9)15-10-5-4-6-11(7-10)18-3/h4-7,15H,1-3H3. The SMILES string of the molecule is CSc1cccc(Nc2c(C#N)c(C)nn2C)c1. The topological polar surface area (TPSA) is 53.6 Å². The van der Waals surface area contributed by atoms with Crippen LogP contribution in [0.1, 0.15) is 11.3 Å². The van der Waals surface area contributed by atoms with Gasteiger partial charge in [-0.1, -0.05) is 6.07 Å². The Bertz CT molecular complexity index is 610. The normalized spacial score (nSPS) is 10.1. The van der Waals surface area contributed by atoms with Gasteiger partial charge in [-0.15, -0.1) is 11.8 Å². The van der Waals surface area contributed by atoms with E-state index in [0.29, 0.717) is 5.56 Å². The first-order valence-corrected chi connectivity index (χ1v) is 6.73. The van der Waals surface area contributed by atoms with E-state index >= 15 is 0 Å². The number of aromatic nitrogens is 2. The highest BCUT2D eigenvalue weighted by atomic mass is 32.2. The predicted octanol–water partition coefficient (Wildman–Crippen LogP) is 3.07. The molecular formula is C13H14N4S. The lowest BCUT2D eigenvalue weighted by atomic mass is 10.2. The fourth-order valence-electron chi connectivity index (χ4n) is 1.77. The van der Waals surface area contributed by atoms with Crippen molar-refractivity contribution in [2.45, 2.75) is 11.8 Å². The summed E-state index contributed by atoms with van der Waals surface area (Å²) in [5.41, 5.74) is 2.29. The summed E-state index contributed by atoms with van der Waals surface area (Å²) >= 11 is 1.69. The zero-order valence-electron chi connectivity index (χ0n) is 10.6. The summed E-state index contributed by atoms with van der Waals surface area (Å²) in [5, 5.41) is 16.6. The van der Waals surface area contributed by atoms with Crippen LogP contribution >= 0.6 is 11.8 Å². The minimum atomic E-state index is 0.590. The Morgan fingerprint density at radius 1 is 1.44 bits per heavy atom. The molecule has 4 nitrogen and oxygen atoms in total. The molecule has 2 rings (SSSR count). The quantitative estimate of drug-likeness (QED) is 0.860. The molecule has 0 atom stereocenters. The van der Waals surface area contributed by atoms with Crippen LogP contribution in [0.2, 0.25) is 0 Å². The van der Waals surface area contributed by atoms with Crippen molar-refractivity contribution in [3.8, 4) is 6.07 Å². The highest BCUT2D eigenvalue weighted by Gasteiger charge is 2.12. The molecule has 1 N–H and O–H groups in total. The largest absolute Gasteiger partial charge is 0.339 e. The summed E-state index contributed by atoms with van der Waals surface area (Å²) in [7, 11) is 1.83. The Kier molecular flexibility index (Phi) is 3.58. The van der Waals surface area contributed by atoms with Crippen molar-refractivity contribution in [1.29, 1.82) is 5.26 Å². The van der Waals surface area contributed by atoms with Gasteiger partial charge in [-0.2, -0.15) is 10.4 Å². The van der Waals surface area contributed by atoms with Gasteiger partial charge in [0, 0.05) is 17.6 Å². The van der Waals surface area contributed by atoms with Crippen molar-refractivity contribution >= 4 is 23.3 Å². The van der Waals surface area contributed by atoms with E-state index in [4.69, 9.17) is 5.26 Å². The van der Waals surface area contributed by atoms with Gasteiger partial charge in [0.1, 0.15) is 17.5 Å². The fraction of sp³-hybridized carbons (Fsp3) is 0.231. The molecule has 0 aliphatic carbocycles. The maximum absolute atomic E-state index is 9.14. The van der Waals surface area contributed by atoms with E-state index in [1.807, 2.05) is 38.4 Å². The van der Waals surface area contributed by atoms with Gasteiger partial charge in [-0.05, 0) is 31.4 Å². The lowest BCUT2D eigenvalue weighted by Gasteiger charge is -2.08. The van der Waals surface area contributed by atoms with E-state index in [1.165, 1.54) is 4.90 Å². The Morgan fingerprint density at radius 2 is 2.22 bits per heavy atom. The molecule has 1 aromatic carbocycles. The highest BCUT2D eigenvalue weighted by molar-refractivity contribution is 7.98. The monoisotopic (exact) mass is 258 g/mol. The van der Waals surface area contributed by atoms with Gasteiger partial charge in [0.2, 0.25) is 0 Å². The molecule has 0 fully saturated rings. The molecule has 0 spiro atoms. The molecule has 0 aliphatic heterocycles. The second-order valence-electron chi connectivity index (χ2n) is 3.90. The lowest BCUT2D eigenvalue weighted by Crippen LogP contribution is -2.00. The number of benzene rings is 1. The van der Waals surface area contributed by atoms with E-state index in [0.717, 1.165) is 17.2 Å². The first-order valence-electron chi connectivity index (χ1n) is 5.50. The number of hydrogen-bond donors (Lipinski definition) is 1. The highest BCUT2D eigenvalue weighted by Crippen LogP contribution is 2.25. The van der Waals surface area contributed by atoms with Crippen molar-refractivity contribution in [2.75, 3.05) is 11.6 Å². The molecular weight excluding hydrogens is 244 g/mol. The molecule has 2 aromatic rings. The molecule has 1 aromatic heterocycles. The third kappa shape index (κ3) is 2.34. The van der Waals surface area contributed by atoms with Crippen LogP contribution in [-0.4, -0.2) is 16.0 Å². The Hall–Kier alpha value is -1.93. The van der Waals surface area contributed by atoms with E-state index in [2.05, 4.69) is 22.6 Å². The third-order valence-electron chi connectivity index (χ3n) is 2.67. The second-order valence-corrected chi connectivity index (χ2v) is 4.78. The first-order chi connectivity index (χ1) is 8.65. The van der Waals surface area contributed by atoms with Crippen molar-refractivity contribution in [2.24, 2.45) is 7.05 Å². The molecule has 0 saturated carbocycles. The van der Waals surface area contributed by atoms with Crippen LogP contribution in [0.5, 0.6) is 0 Å². The first kappa shape index (κ1) is 12.5. The van der Waals surface area contributed by atoms with Crippen LogP contribution < -0.4 is 5.32 Å². The molecule has 0 saturated heterocycles. The Balaban J connectivity index is 2.37. The van der Waals surface area contributed by atoms with E-state index in [9.17, 15) is 0 Å². The number of hydrogen-bond acceptors (Lipinski definition) is 4. The number of rotatable bonds is 3. The average molecular weight is 258 g/mol. The van der Waals surface area contributed by atoms with Crippen molar-refractivity contribution in [1.82, 2.24) is 9.78 Å². The van der Waals surface area contributed by atoms with Crippen molar-refractivity contribution in [3.05, 3.63) is 35.5 Å². The predicted molar refractivity (Wildman–Crippen MR) is 74.2 cm³/mol. The number of aryl methyl sites for hydroxylation is 2. The molecule has 1 heterocycles. The molecule has 0 unspecified atom stereocenters. The Morgan fingerprint density at radius 3 is 2.89 bits per heavy atom. The van der Waals surface area contributed by atoms with E-state index in [-0.39, 0.29) is 0 Å². The van der Waals surface area contributed by atoms with Crippen LogP contribution in [0.3, 0.4) is 0 Å². The summed E-state index contributed by atoms with van der Waals surface area (Å²) in [6, 6.07) is 10.2. The van der Waals surface area contributed by atoms with Crippen LogP contribution in [0.25, 0.3) is 0 Å². The van der Waals surface area contributed by atoms with Gasteiger partial charge in [0.25, 0.3) is 0 Å². The molecule has 5 heteroatoms. The zero-order valence-corrected chi connectivity index (χ0v) is 11.4. The van der Waals surface area contributed by atoms with Crippen molar-refractivity contribution < 1.29 is 0 Å². The zero-order chi connectivity index (χ0) is 13.1.